The number of nitrogens with one attached hydrogen (secondary N) is 1. The molecule has 0 atom stereocenters. The molecule has 0 bridgehead atoms. The van der Waals surface area contributed by atoms with E-state index in [1.807, 2.05) is 37.5 Å². The Labute approximate surface area is 226 Å². The highest BCUT2D eigenvalue weighted by Gasteiger charge is 2.32. The van der Waals surface area contributed by atoms with Gasteiger partial charge in [-0.2, -0.15) is 0 Å². The molecule has 2 aliphatic rings. The second kappa shape index (κ2) is 10.3. The van der Waals surface area contributed by atoms with Crippen LogP contribution in [0.25, 0.3) is 22.0 Å². The average Bonchev–Trinajstić information content (AvgIpc) is 3.79. The summed E-state index contributed by atoms with van der Waals surface area (Å²) >= 11 is 0. The second-order valence-electron chi connectivity index (χ2n) is 11.1. The van der Waals surface area contributed by atoms with Crippen LogP contribution in [0.3, 0.4) is 0 Å². The fourth-order valence-electron chi connectivity index (χ4n) is 5.94. The number of benzene rings is 1. The number of anilines is 3. The summed E-state index contributed by atoms with van der Waals surface area (Å²) < 4.78 is 0. The Morgan fingerprint density at radius 2 is 1.79 bits per heavy atom. The molecule has 3 aromatic heterocycles. The Morgan fingerprint density at radius 1 is 0.974 bits per heavy atom. The number of pyridine rings is 3. The molecular weight excluding hydrogens is 468 g/mol. The molecule has 0 unspecified atom stereocenters. The number of hydrogen-bond donors (Lipinski definition) is 1. The number of aryl methyl sites for hydroxylation is 2. The zero-order valence-electron chi connectivity index (χ0n) is 23.0. The largest absolute Gasteiger partial charge is 0.363 e. The lowest BCUT2D eigenvalue weighted by atomic mass is 9.86. The number of nitrogens with zero attached hydrogens (tertiary/aromatic N) is 5. The molecule has 0 radical (unpaired) electrons. The Hall–Kier alpha value is -3.51. The van der Waals surface area contributed by atoms with E-state index in [1.54, 1.807) is 0 Å². The minimum Gasteiger partial charge on any atom is -0.363 e. The first-order valence-electron chi connectivity index (χ1n) is 14.0. The van der Waals surface area contributed by atoms with Crippen LogP contribution in [0.5, 0.6) is 0 Å². The molecular formula is C32H38N6. The van der Waals surface area contributed by atoms with Crippen LogP contribution in [-0.2, 0) is 6.42 Å². The van der Waals surface area contributed by atoms with Crippen molar-refractivity contribution in [1.82, 2.24) is 19.9 Å². The molecule has 1 saturated carbocycles. The van der Waals surface area contributed by atoms with E-state index >= 15 is 0 Å². The van der Waals surface area contributed by atoms with Gasteiger partial charge in [0.2, 0.25) is 0 Å². The predicted octanol–water partition coefficient (Wildman–Crippen LogP) is 6.71. The third-order valence-electron chi connectivity index (χ3n) is 8.22. The minimum absolute atomic E-state index is 0.662. The Kier molecular flexibility index (Phi) is 6.75. The minimum atomic E-state index is 0.662. The first kappa shape index (κ1) is 24.8. The van der Waals surface area contributed by atoms with Crippen LogP contribution in [0.15, 0.2) is 54.9 Å². The number of piperidine rings is 1. The van der Waals surface area contributed by atoms with E-state index in [4.69, 9.17) is 4.98 Å². The molecule has 38 heavy (non-hydrogen) atoms. The summed E-state index contributed by atoms with van der Waals surface area (Å²) in [7, 11) is 4.00. The second-order valence-corrected chi connectivity index (χ2v) is 11.1. The molecule has 6 rings (SSSR count). The third kappa shape index (κ3) is 4.97. The van der Waals surface area contributed by atoms with Crippen molar-refractivity contribution < 1.29 is 0 Å². The van der Waals surface area contributed by atoms with Gasteiger partial charge < -0.3 is 15.1 Å². The van der Waals surface area contributed by atoms with Crippen LogP contribution in [0, 0.1) is 6.92 Å². The predicted molar refractivity (Wildman–Crippen MR) is 158 cm³/mol. The van der Waals surface area contributed by atoms with Gasteiger partial charge in [0.15, 0.2) is 0 Å². The first-order valence-corrected chi connectivity index (χ1v) is 14.0. The van der Waals surface area contributed by atoms with Crippen molar-refractivity contribution in [3.63, 3.8) is 0 Å². The lowest BCUT2D eigenvalue weighted by Crippen LogP contribution is -2.34. The number of aromatic nitrogens is 3. The van der Waals surface area contributed by atoms with Gasteiger partial charge in [0.05, 0.1) is 11.4 Å². The van der Waals surface area contributed by atoms with E-state index in [1.165, 1.54) is 49.9 Å². The Morgan fingerprint density at radius 3 is 2.45 bits per heavy atom. The summed E-state index contributed by atoms with van der Waals surface area (Å²) in [6, 6.07) is 16.1. The van der Waals surface area contributed by atoms with Crippen molar-refractivity contribution in [3.05, 3.63) is 71.7 Å². The van der Waals surface area contributed by atoms with Crippen LogP contribution in [0.1, 0.15) is 55.3 Å². The van der Waals surface area contributed by atoms with Gasteiger partial charge in [0.1, 0.15) is 11.6 Å². The number of rotatable bonds is 7. The Bertz CT molecular complexity index is 1430. The maximum atomic E-state index is 5.11. The van der Waals surface area contributed by atoms with Crippen molar-refractivity contribution >= 4 is 28.1 Å². The Balaban J connectivity index is 1.31. The summed E-state index contributed by atoms with van der Waals surface area (Å²) in [5.74, 6) is 2.44. The third-order valence-corrected chi connectivity index (χ3v) is 8.22. The van der Waals surface area contributed by atoms with Crippen molar-refractivity contribution in [2.24, 2.45) is 0 Å². The molecule has 4 heterocycles. The van der Waals surface area contributed by atoms with Gasteiger partial charge in [-0.1, -0.05) is 13.0 Å². The van der Waals surface area contributed by atoms with Crippen molar-refractivity contribution in [3.8, 4) is 11.3 Å². The number of fused-ring (bicyclic) bond motifs is 1. The topological polar surface area (TPSA) is 57.2 Å². The molecule has 1 aliphatic carbocycles. The summed E-state index contributed by atoms with van der Waals surface area (Å²) in [5.41, 5.74) is 6.89. The fraction of sp³-hybridized carbons (Fsp3) is 0.406. The summed E-state index contributed by atoms with van der Waals surface area (Å²) in [6.45, 7) is 6.90. The molecule has 196 valence electrons. The van der Waals surface area contributed by atoms with Gasteiger partial charge in [-0.05, 0) is 111 Å². The summed E-state index contributed by atoms with van der Waals surface area (Å²) in [6.07, 6.45) is 10.00. The van der Waals surface area contributed by atoms with Gasteiger partial charge in [-0.25, -0.2) is 9.97 Å². The molecule has 0 spiro atoms. The molecule has 1 aromatic carbocycles. The monoisotopic (exact) mass is 506 g/mol. The van der Waals surface area contributed by atoms with Gasteiger partial charge in [-0.3, -0.25) is 4.98 Å². The van der Waals surface area contributed by atoms with E-state index in [-0.39, 0.29) is 0 Å². The van der Waals surface area contributed by atoms with Crippen LogP contribution in [0.2, 0.25) is 0 Å². The van der Waals surface area contributed by atoms with Crippen molar-refractivity contribution in [2.75, 3.05) is 37.4 Å². The van der Waals surface area contributed by atoms with Gasteiger partial charge in [0, 0.05) is 49.2 Å². The zero-order chi connectivity index (χ0) is 26.2. The first-order chi connectivity index (χ1) is 18.5. The number of likely N-dealkylation sites (tertiary alicyclic amines) is 1. The molecule has 6 nitrogen and oxygen atoms in total. The van der Waals surface area contributed by atoms with E-state index in [0.29, 0.717) is 5.92 Å². The van der Waals surface area contributed by atoms with Crippen LogP contribution >= 0.6 is 0 Å². The van der Waals surface area contributed by atoms with Crippen molar-refractivity contribution in [2.45, 2.75) is 57.9 Å². The fourth-order valence-corrected chi connectivity index (χ4v) is 5.94. The molecule has 2 fully saturated rings. The highest BCUT2D eigenvalue weighted by Crippen LogP contribution is 2.37. The normalized spacial score (nSPS) is 16.6. The maximum Gasteiger partial charge on any atom is 0.140 e. The van der Waals surface area contributed by atoms with Crippen molar-refractivity contribution in [1.29, 1.82) is 0 Å². The molecule has 4 aromatic rings. The van der Waals surface area contributed by atoms with E-state index in [0.717, 1.165) is 57.5 Å². The SMILES string of the molecule is CCc1nccc2cc(-c3ccc(N(C)C)nc3)nc(Nc3ccc(C4CCN(C5CC5)CC4)c(C)c3)c12. The van der Waals surface area contributed by atoms with Crippen LogP contribution in [-0.4, -0.2) is 53.1 Å². The zero-order valence-corrected chi connectivity index (χ0v) is 23.0. The van der Waals surface area contributed by atoms with E-state index < -0.39 is 0 Å². The maximum absolute atomic E-state index is 5.11. The van der Waals surface area contributed by atoms with E-state index in [2.05, 4.69) is 70.4 Å². The van der Waals surface area contributed by atoms with E-state index in [9.17, 15) is 0 Å². The molecule has 0 amide bonds. The smallest absolute Gasteiger partial charge is 0.140 e. The molecule has 1 N–H and O–H groups in total. The lowest BCUT2D eigenvalue weighted by Gasteiger charge is -2.33. The van der Waals surface area contributed by atoms with Gasteiger partial charge in [0.25, 0.3) is 0 Å². The van der Waals surface area contributed by atoms with Crippen LogP contribution in [0.4, 0.5) is 17.3 Å². The van der Waals surface area contributed by atoms with Gasteiger partial charge in [-0.15, -0.1) is 0 Å². The highest BCUT2D eigenvalue weighted by molar-refractivity contribution is 5.97. The molecule has 1 saturated heterocycles. The lowest BCUT2D eigenvalue weighted by molar-refractivity contribution is 0.203. The van der Waals surface area contributed by atoms with Crippen LogP contribution < -0.4 is 10.2 Å². The quantitative estimate of drug-likeness (QED) is 0.300. The molecule has 1 aliphatic heterocycles. The standard InChI is InChI=1S/C32H38N6/c1-5-28-31-23(12-15-33-28)19-29(24-6-11-30(34-20-24)37(3)4)36-32(31)35-25-7-10-27(21(2)18-25)22-13-16-38(17-14-22)26-8-9-26/h6-7,10-12,15,18-20,22,26H,5,8-9,13-14,16-17H2,1-4H3,(H,35,36). The highest BCUT2D eigenvalue weighted by atomic mass is 15.2. The average molecular weight is 507 g/mol. The van der Waals surface area contributed by atoms with Gasteiger partial charge >= 0.3 is 0 Å². The summed E-state index contributed by atoms with van der Waals surface area (Å²) in [5, 5.41) is 5.90. The summed E-state index contributed by atoms with van der Waals surface area (Å²) in [4.78, 5) is 19.1. The number of hydrogen-bond acceptors (Lipinski definition) is 6. The molecule has 6 heteroatoms.